The second-order valence-electron chi connectivity index (χ2n) is 3.72. The van der Waals surface area contributed by atoms with Gasteiger partial charge in [0.15, 0.2) is 0 Å². The van der Waals surface area contributed by atoms with Crippen LogP contribution in [0.1, 0.15) is 16.5 Å². The zero-order valence-electron chi connectivity index (χ0n) is 8.95. The van der Waals surface area contributed by atoms with Gasteiger partial charge in [-0.1, -0.05) is 12.1 Å². The smallest absolute Gasteiger partial charge is 0.113 e. The summed E-state index contributed by atoms with van der Waals surface area (Å²) in [6.45, 7) is 0. The number of benzene rings is 1. The maximum Gasteiger partial charge on any atom is 0.113 e. The van der Waals surface area contributed by atoms with Crippen molar-refractivity contribution in [3.63, 3.8) is 0 Å². The van der Waals surface area contributed by atoms with Crippen molar-refractivity contribution >= 4 is 22.4 Å². The number of aliphatic hydroxyl groups is 1. The predicted octanol–water partition coefficient (Wildman–Crippen LogP) is 2.77. The average molecular weight is 242 g/mol. The summed E-state index contributed by atoms with van der Waals surface area (Å²) < 4.78 is 0. The number of hydrogen-bond donors (Lipinski definition) is 1. The number of fused-ring (bicyclic) bond motifs is 1. The van der Waals surface area contributed by atoms with Gasteiger partial charge in [-0.3, -0.25) is 9.97 Å². The summed E-state index contributed by atoms with van der Waals surface area (Å²) >= 11 is 1.55. The molecule has 0 radical (unpaired) electrons. The van der Waals surface area contributed by atoms with Crippen molar-refractivity contribution in [1.29, 1.82) is 0 Å². The Morgan fingerprint density at radius 1 is 1.06 bits per heavy atom. The molecule has 4 heteroatoms. The molecule has 0 saturated heterocycles. The molecule has 0 amide bonds. The number of nitrogens with zero attached hydrogens (tertiary/aromatic N) is 2. The molecule has 17 heavy (non-hydrogen) atoms. The van der Waals surface area contributed by atoms with Gasteiger partial charge in [0.1, 0.15) is 6.10 Å². The highest BCUT2D eigenvalue weighted by atomic mass is 32.1. The molecule has 0 bridgehead atoms. The van der Waals surface area contributed by atoms with E-state index in [9.17, 15) is 5.11 Å². The second kappa shape index (κ2) is 4.24. The molecule has 2 aromatic heterocycles. The molecule has 84 valence electrons. The minimum atomic E-state index is -0.582. The maximum atomic E-state index is 10.2. The summed E-state index contributed by atoms with van der Waals surface area (Å²) in [7, 11) is 0. The summed E-state index contributed by atoms with van der Waals surface area (Å²) in [6, 6.07) is 9.52. The lowest BCUT2D eigenvalue weighted by Crippen LogP contribution is -1.97. The maximum absolute atomic E-state index is 10.2. The minimum Gasteiger partial charge on any atom is -0.383 e. The average Bonchev–Trinajstić information content (AvgIpc) is 2.91. The number of rotatable bonds is 2. The van der Waals surface area contributed by atoms with E-state index in [2.05, 4.69) is 9.97 Å². The van der Waals surface area contributed by atoms with Gasteiger partial charge in [0.25, 0.3) is 0 Å². The lowest BCUT2D eigenvalue weighted by Gasteiger charge is -2.09. The van der Waals surface area contributed by atoms with E-state index in [-0.39, 0.29) is 0 Å². The summed E-state index contributed by atoms with van der Waals surface area (Å²) in [5.41, 5.74) is 2.50. The first-order chi connectivity index (χ1) is 8.34. The molecule has 3 aromatic rings. The van der Waals surface area contributed by atoms with Gasteiger partial charge in [-0.25, -0.2) is 0 Å². The Morgan fingerprint density at radius 3 is 2.65 bits per heavy atom. The Hall–Kier alpha value is -1.78. The van der Waals surface area contributed by atoms with Crippen LogP contribution in [0, 0.1) is 0 Å². The van der Waals surface area contributed by atoms with Crippen LogP contribution >= 0.6 is 11.3 Å². The molecule has 0 aliphatic heterocycles. The van der Waals surface area contributed by atoms with Crippen molar-refractivity contribution in [2.75, 3.05) is 0 Å². The molecule has 1 unspecified atom stereocenters. The molecule has 2 heterocycles. The first-order valence-electron chi connectivity index (χ1n) is 5.27. The normalized spacial score (nSPS) is 12.8. The first kappa shape index (κ1) is 10.4. The summed E-state index contributed by atoms with van der Waals surface area (Å²) in [5, 5.41) is 12.2. The number of thiophene rings is 1. The van der Waals surface area contributed by atoms with Crippen LogP contribution < -0.4 is 0 Å². The third-order valence-corrected chi connectivity index (χ3v) is 3.55. The highest BCUT2D eigenvalue weighted by Crippen LogP contribution is 2.27. The number of aliphatic hydroxyl groups excluding tert-OH is 1. The quantitative estimate of drug-likeness (QED) is 0.751. The lowest BCUT2D eigenvalue weighted by atomic mass is 10.1. The summed E-state index contributed by atoms with van der Waals surface area (Å²) in [5.74, 6) is 0. The van der Waals surface area contributed by atoms with Gasteiger partial charge < -0.3 is 5.11 Å². The van der Waals surface area contributed by atoms with Gasteiger partial charge in [0.2, 0.25) is 0 Å². The highest BCUT2D eigenvalue weighted by Gasteiger charge is 2.11. The Morgan fingerprint density at radius 2 is 1.88 bits per heavy atom. The fourth-order valence-electron chi connectivity index (χ4n) is 1.76. The van der Waals surface area contributed by atoms with Crippen molar-refractivity contribution in [1.82, 2.24) is 9.97 Å². The van der Waals surface area contributed by atoms with E-state index >= 15 is 0 Å². The fourth-order valence-corrected chi connectivity index (χ4v) is 2.50. The molecule has 0 aliphatic rings. The third-order valence-electron chi connectivity index (χ3n) is 2.62. The van der Waals surface area contributed by atoms with E-state index in [4.69, 9.17) is 0 Å². The SMILES string of the molecule is OC(c1ccc2nccnc2c1)c1cccs1. The van der Waals surface area contributed by atoms with Crippen molar-refractivity contribution in [2.45, 2.75) is 6.10 Å². The molecule has 0 aliphatic carbocycles. The fraction of sp³-hybridized carbons (Fsp3) is 0.0769. The molecule has 0 spiro atoms. The Kier molecular flexibility index (Phi) is 2.59. The molecule has 0 saturated carbocycles. The van der Waals surface area contributed by atoms with E-state index in [1.54, 1.807) is 23.7 Å². The molecular weight excluding hydrogens is 232 g/mol. The van der Waals surface area contributed by atoms with Gasteiger partial charge >= 0.3 is 0 Å². The molecule has 1 aromatic carbocycles. The minimum absolute atomic E-state index is 0.582. The van der Waals surface area contributed by atoms with Gasteiger partial charge in [-0.15, -0.1) is 11.3 Å². The van der Waals surface area contributed by atoms with Crippen LogP contribution in [0.5, 0.6) is 0 Å². The van der Waals surface area contributed by atoms with Crippen LogP contribution in [0.15, 0.2) is 48.1 Å². The molecular formula is C13H10N2OS. The summed E-state index contributed by atoms with van der Waals surface area (Å²) in [6.07, 6.45) is 2.74. The van der Waals surface area contributed by atoms with Crippen molar-refractivity contribution in [3.05, 3.63) is 58.5 Å². The first-order valence-corrected chi connectivity index (χ1v) is 6.15. The second-order valence-corrected chi connectivity index (χ2v) is 4.70. The third kappa shape index (κ3) is 1.92. The topological polar surface area (TPSA) is 46.0 Å². The summed E-state index contributed by atoms with van der Waals surface area (Å²) in [4.78, 5) is 9.38. The van der Waals surface area contributed by atoms with Crippen molar-refractivity contribution < 1.29 is 5.11 Å². The van der Waals surface area contributed by atoms with Crippen LogP contribution in [0.3, 0.4) is 0 Å². The van der Waals surface area contributed by atoms with E-state index in [1.807, 2.05) is 35.7 Å². The molecule has 3 nitrogen and oxygen atoms in total. The zero-order chi connectivity index (χ0) is 11.7. The van der Waals surface area contributed by atoms with Gasteiger partial charge in [0.05, 0.1) is 11.0 Å². The molecule has 1 N–H and O–H groups in total. The number of hydrogen-bond acceptors (Lipinski definition) is 4. The zero-order valence-corrected chi connectivity index (χ0v) is 9.76. The van der Waals surface area contributed by atoms with Crippen LogP contribution in [-0.4, -0.2) is 15.1 Å². The van der Waals surface area contributed by atoms with Gasteiger partial charge in [0, 0.05) is 17.3 Å². The Bertz CT molecular complexity index is 637. The van der Waals surface area contributed by atoms with Crippen molar-refractivity contribution in [3.8, 4) is 0 Å². The predicted molar refractivity (Wildman–Crippen MR) is 67.9 cm³/mol. The lowest BCUT2D eigenvalue weighted by molar-refractivity contribution is 0.224. The van der Waals surface area contributed by atoms with Crippen LogP contribution in [0.2, 0.25) is 0 Å². The van der Waals surface area contributed by atoms with E-state index in [1.165, 1.54) is 0 Å². The molecule has 3 rings (SSSR count). The van der Waals surface area contributed by atoms with Gasteiger partial charge in [-0.05, 0) is 29.1 Å². The van der Waals surface area contributed by atoms with E-state index in [0.717, 1.165) is 21.5 Å². The van der Waals surface area contributed by atoms with Crippen molar-refractivity contribution in [2.24, 2.45) is 0 Å². The highest BCUT2D eigenvalue weighted by molar-refractivity contribution is 7.10. The van der Waals surface area contributed by atoms with E-state index in [0.29, 0.717) is 0 Å². The van der Waals surface area contributed by atoms with Gasteiger partial charge in [-0.2, -0.15) is 0 Å². The standard InChI is InChI=1S/C13H10N2OS/c16-13(12-2-1-7-17-12)9-3-4-10-11(8-9)15-6-5-14-10/h1-8,13,16H. The molecule has 1 atom stereocenters. The number of aromatic nitrogens is 2. The monoisotopic (exact) mass is 242 g/mol. The van der Waals surface area contributed by atoms with E-state index < -0.39 is 6.10 Å². The largest absolute Gasteiger partial charge is 0.383 e. The Balaban J connectivity index is 2.06. The van der Waals surface area contributed by atoms with Crippen LogP contribution in [0.4, 0.5) is 0 Å². The molecule has 0 fully saturated rings. The Labute approximate surface area is 102 Å². The van der Waals surface area contributed by atoms with Crippen LogP contribution in [0.25, 0.3) is 11.0 Å². The van der Waals surface area contributed by atoms with Crippen LogP contribution in [-0.2, 0) is 0 Å².